The fourth-order valence-electron chi connectivity index (χ4n) is 3.92. The zero-order valence-electron chi connectivity index (χ0n) is 15.4. The van der Waals surface area contributed by atoms with Gasteiger partial charge in [-0.05, 0) is 0 Å². The van der Waals surface area contributed by atoms with Crippen LogP contribution in [0.2, 0.25) is 5.02 Å². The van der Waals surface area contributed by atoms with Crippen LogP contribution in [0, 0.1) is 0 Å². The number of halogens is 2. The molecule has 4 rings (SSSR count). The van der Waals surface area contributed by atoms with Crippen LogP contribution in [-0.2, 0) is 6.16 Å². The van der Waals surface area contributed by atoms with E-state index in [0.717, 1.165) is 26.5 Å². The molecular formula is C25H21Cl2P. The normalized spacial score (nSPS) is 12.9. The van der Waals surface area contributed by atoms with Crippen LogP contribution in [0.15, 0.2) is 115 Å². The SMILES string of the molecule is Clc1cccc(CP(Cl)(c2ccccc2)(c2ccccc2)c2ccccc2)c1. The molecule has 3 heteroatoms. The van der Waals surface area contributed by atoms with Crippen molar-refractivity contribution in [2.75, 3.05) is 0 Å². The summed E-state index contributed by atoms with van der Waals surface area (Å²) in [7, 11) is 0. The maximum atomic E-state index is 8.05. The molecule has 0 fully saturated rings. The first-order chi connectivity index (χ1) is 13.6. The van der Waals surface area contributed by atoms with Gasteiger partial charge in [0.2, 0.25) is 0 Å². The van der Waals surface area contributed by atoms with Crippen LogP contribution in [0.3, 0.4) is 0 Å². The Labute approximate surface area is 176 Å². The van der Waals surface area contributed by atoms with Gasteiger partial charge in [0, 0.05) is 0 Å². The van der Waals surface area contributed by atoms with Gasteiger partial charge in [0.15, 0.2) is 0 Å². The molecule has 0 aliphatic carbocycles. The van der Waals surface area contributed by atoms with Crippen LogP contribution in [-0.4, -0.2) is 0 Å². The second-order valence-electron chi connectivity index (χ2n) is 6.98. The van der Waals surface area contributed by atoms with Crippen LogP contribution in [0.25, 0.3) is 0 Å². The number of hydrogen-bond acceptors (Lipinski definition) is 0. The Bertz CT molecular complexity index is 964. The first kappa shape index (κ1) is 19.2. The summed E-state index contributed by atoms with van der Waals surface area (Å²) >= 11 is 14.4. The third-order valence-corrected chi connectivity index (χ3v) is 12.7. The molecule has 28 heavy (non-hydrogen) atoms. The number of hydrogen-bond donors (Lipinski definition) is 0. The monoisotopic (exact) mass is 422 g/mol. The van der Waals surface area contributed by atoms with Gasteiger partial charge in [0.25, 0.3) is 0 Å². The summed E-state index contributed by atoms with van der Waals surface area (Å²) in [6.45, 7) is 0. The molecular weight excluding hydrogens is 402 g/mol. The first-order valence-electron chi connectivity index (χ1n) is 9.25. The van der Waals surface area contributed by atoms with E-state index in [2.05, 4.69) is 78.9 Å². The Morgan fingerprint density at radius 1 is 0.536 bits per heavy atom. The fraction of sp³-hybridized carbons (Fsp3) is 0.0400. The minimum absolute atomic E-state index is 0.700. The molecule has 0 N–H and O–H groups in total. The molecule has 0 aliphatic rings. The Morgan fingerprint density at radius 3 is 1.36 bits per heavy atom. The van der Waals surface area contributed by atoms with Gasteiger partial charge in [-0.1, -0.05) is 0 Å². The molecule has 0 aliphatic heterocycles. The van der Waals surface area contributed by atoms with Gasteiger partial charge in [-0.15, -0.1) is 0 Å². The first-order valence-corrected chi connectivity index (χ1v) is 13.0. The molecule has 4 aromatic rings. The van der Waals surface area contributed by atoms with Gasteiger partial charge in [0.05, 0.1) is 0 Å². The van der Waals surface area contributed by atoms with Crippen molar-refractivity contribution < 1.29 is 0 Å². The molecule has 0 amide bonds. The van der Waals surface area contributed by atoms with Crippen molar-refractivity contribution in [2.45, 2.75) is 6.16 Å². The van der Waals surface area contributed by atoms with Gasteiger partial charge >= 0.3 is 177 Å². The fourth-order valence-corrected chi connectivity index (χ4v) is 10.3. The van der Waals surface area contributed by atoms with E-state index in [1.807, 2.05) is 36.4 Å². The summed E-state index contributed by atoms with van der Waals surface area (Å²) in [5.74, 6) is -3.29. The summed E-state index contributed by atoms with van der Waals surface area (Å²) in [6.07, 6.45) is 0.700. The molecule has 0 radical (unpaired) electrons. The molecule has 0 atom stereocenters. The summed E-state index contributed by atoms with van der Waals surface area (Å²) in [5.41, 5.74) is 1.14. The Hall–Kier alpha value is -2.11. The van der Waals surface area contributed by atoms with Crippen molar-refractivity contribution in [3.8, 4) is 0 Å². The van der Waals surface area contributed by atoms with Crippen molar-refractivity contribution in [3.63, 3.8) is 0 Å². The summed E-state index contributed by atoms with van der Waals surface area (Å²) in [6, 6.07) is 39.6. The van der Waals surface area contributed by atoms with Crippen molar-refractivity contribution in [3.05, 3.63) is 126 Å². The van der Waals surface area contributed by atoms with Crippen molar-refractivity contribution in [1.82, 2.24) is 0 Å². The van der Waals surface area contributed by atoms with E-state index in [1.165, 1.54) is 0 Å². The molecule has 0 aromatic heterocycles. The molecule has 0 nitrogen and oxygen atoms in total. The maximum absolute atomic E-state index is 8.05. The quantitative estimate of drug-likeness (QED) is 0.321. The Balaban J connectivity index is 2.09. The topological polar surface area (TPSA) is 0 Å². The van der Waals surface area contributed by atoms with Crippen LogP contribution >= 0.6 is 28.8 Å². The molecule has 0 unspecified atom stereocenters. The van der Waals surface area contributed by atoms with Gasteiger partial charge in [-0.25, -0.2) is 0 Å². The van der Waals surface area contributed by atoms with Gasteiger partial charge in [-0.2, -0.15) is 0 Å². The average molecular weight is 423 g/mol. The van der Waals surface area contributed by atoms with Crippen molar-refractivity contribution in [1.29, 1.82) is 0 Å². The standard InChI is InChI=1S/C25H21Cl2P/c26-22-12-10-11-21(19-22)20-28(27,23-13-4-1-5-14-23,24-15-6-2-7-16-24)25-17-8-3-9-18-25/h1-19H,20H2. The van der Waals surface area contributed by atoms with E-state index in [1.54, 1.807) is 0 Å². The van der Waals surface area contributed by atoms with Crippen molar-refractivity contribution >= 4 is 44.7 Å². The summed E-state index contributed by atoms with van der Waals surface area (Å²) in [4.78, 5) is 0. The van der Waals surface area contributed by atoms with E-state index in [4.69, 9.17) is 22.8 Å². The predicted molar refractivity (Wildman–Crippen MR) is 126 cm³/mol. The second kappa shape index (κ2) is 7.72. The van der Waals surface area contributed by atoms with Crippen LogP contribution < -0.4 is 15.9 Å². The van der Waals surface area contributed by atoms with E-state index in [0.29, 0.717) is 6.16 Å². The third-order valence-electron chi connectivity index (χ3n) is 5.25. The van der Waals surface area contributed by atoms with E-state index in [-0.39, 0.29) is 0 Å². The second-order valence-corrected chi connectivity index (χ2v) is 13.9. The Kier molecular flexibility index (Phi) is 5.30. The molecule has 0 bridgehead atoms. The van der Waals surface area contributed by atoms with E-state index in [9.17, 15) is 0 Å². The molecule has 0 heterocycles. The van der Waals surface area contributed by atoms with Crippen molar-refractivity contribution in [2.24, 2.45) is 0 Å². The number of rotatable bonds is 5. The van der Waals surface area contributed by atoms with Gasteiger partial charge < -0.3 is 0 Å². The summed E-state index contributed by atoms with van der Waals surface area (Å²) in [5, 5.41) is 4.21. The van der Waals surface area contributed by atoms with Crippen LogP contribution in [0.1, 0.15) is 5.56 Å². The molecule has 0 saturated heterocycles. The van der Waals surface area contributed by atoms with Gasteiger partial charge in [0.1, 0.15) is 0 Å². The number of benzene rings is 4. The minimum atomic E-state index is -3.29. The van der Waals surface area contributed by atoms with E-state index >= 15 is 0 Å². The molecule has 0 spiro atoms. The van der Waals surface area contributed by atoms with Gasteiger partial charge in [-0.3, -0.25) is 0 Å². The van der Waals surface area contributed by atoms with Crippen LogP contribution in [0.5, 0.6) is 0 Å². The summed E-state index contributed by atoms with van der Waals surface area (Å²) < 4.78 is 0. The average Bonchev–Trinajstić information content (AvgIpc) is 2.76. The Morgan fingerprint density at radius 2 is 0.964 bits per heavy atom. The predicted octanol–water partition coefficient (Wildman–Crippen LogP) is 6.52. The zero-order valence-corrected chi connectivity index (χ0v) is 17.8. The van der Waals surface area contributed by atoms with Crippen LogP contribution in [0.4, 0.5) is 0 Å². The third kappa shape index (κ3) is 3.27. The molecule has 0 saturated carbocycles. The van der Waals surface area contributed by atoms with E-state index < -0.39 is 5.96 Å². The zero-order chi connectivity index (χ0) is 19.5. The molecule has 4 aromatic carbocycles. The molecule has 140 valence electrons.